The van der Waals surface area contributed by atoms with Gasteiger partial charge < -0.3 is 20.7 Å². The molecular weight excluding hydrogens is 198 g/mol. The largest absolute Gasteiger partial charge is 0.375 e. The SMILES string of the molecule is COCC(=O)N1CCNCC1CC(N)=O. The summed E-state index contributed by atoms with van der Waals surface area (Å²) in [5.41, 5.74) is 5.12. The zero-order valence-electron chi connectivity index (χ0n) is 8.86. The minimum atomic E-state index is -0.390. The first-order chi connectivity index (χ1) is 7.15. The second-order valence-corrected chi connectivity index (χ2v) is 3.55. The van der Waals surface area contributed by atoms with Crippen LogP contribution in [-0.4, -0.2) is 56.1 Å². The molecule has 0 aromatic rings. The molecule has 86 valence electrons. The molecule has 0 saturated carbocycles. The lowest BCUT2D eigenvalue weighted by Gasteiger charge is -2.35. The van der Waals surface area contributed by atoms with Gasteiger partial charge in [-0.25, -0.2) is 0 Å². The van der Waals surface area contributed by atoms with E-state index in [4.69, 9.17) is 10.5 Å². The van der Waals surface area contributed by atoms with Gasteiger partial charge >= 0.3 is 0 Å². The monoisotopic (exact) mass is 215 g/mol. The number of carbonyl (C=O) groups is 2. The first kappa shape index (κ1) is 11.9. The van der Waals surface area contributed by atoms with Gasteiger partial charge in [0.25, 0.3) is 0 Å². The Morgan fingerprint density at radius 2 is 2.33 bits per heavy atom. The predicted octanol–water partition coefficient (Wildman–Crippen LogP) is -1.69. The topological polar surface area (TPSA) is 84.7 Å². The van der Waals surface area contributed by atoms with E-state index in [9.17, 15) is 9.59 Å². The van der Waals surface area contributed by atoms with Crippen LogP contribution in [0.1, 0.15) is 6.42 Å². The lowest BCUT2D eigenvalue weighted by Crippen LogP contribution is -2.55. The molecule has 1 saturated heterocycles. The van der Waals surface area contributed by atoms with Crippen LogP contribution in [-0.2, 0) is 14.3 Å². The van der Waals surface area contributed by atoms with Gasteiger partial charge in [-0.1, -0.05) is 0 Å². The van der Waals surface area contributed by atoms with Gasteiger partial charge in [0.05, 0.1) is 6.04 Å². The number of nitrogens with two attached hydrogens (primary N) is 1. The Labute approximate surface area is 88.7 Å². The Balaban J connectivity index is 2.56. The molecule has 0 bridgehead atoms. The van der Waals surface area contributed by atoms with Crippen LogP contribution >= 0.6 is 0 Å². The van der Waals surface area contributed by atoms with E-state index in [0.29, 0.717) is 13.1 Å². The fourth-order valence-corrected chi connectivity index (χ4v) is 1.71. The lowest BCUT2D eigenvalue weighted by atomic mass is 10.1. The van der Waals surface area contributed by atoms with E-state index >= 15 is 0 Å². The fraction of sp³-hybridized carbons (Fsp3) is 0.778. The van der Waals surface area contributed by atoms with Gasteiger partial charge in [0, 0.05) is 33.2 Å². The lowest BCUT2D eigenvalue weighted by molar-refractivity contribution is -0.139. The standard InChI is InChI=1S/C9H17N3O3/c1-15-6-9(14)12-3-2-11-5-7(12)4-8(10)13/h7,11H,2-6H2,1H3,(H2,10,13). The van der Waals surface area contributed by atoms with Crippen molar-refractivity contribution in [3.63, 3.8) is 0 Å². The molecule has 1 aliphatic rings. The molecule has 0 aromatic carbocycles. The maximum Gasteiger partial charge on any atom is 0.248 e. The summed E-state index contributed by atoms with van der Waals surface area (Å²) in [5.74, 6) is -0.482. The van der Waals surface area contributed by atoms with Crippen molar-refractivity contribution in [3.05, 3.63) is 0 Å². The summed E-state index contributed by atoms with van der Waals surface area (Å²) in [6.45, 7) is 2.00. The van der Waals surface area contributed by atoms with Crippen LogP contribution in [0, 0.1) is 0 Å². The summed E-state index contributed by atoms with van der Waals surface area (Å²) in [4.78, 5) is 24.1. The number of rotatable bonds is 4. The molecule has 0 aliphatic carbocycles. The Morgan fingerprint density at radius 3 is 2.93 bits per heavy atom. The zero-order valence-corrected chi connectivity index (χ0v) is 8.86. The second kappa shape index (κ2) is 5.67. The highest BCUT2D eigenvalue weighted by atomic mass is 16.5. The Kier molecular flexibility index (Phi) is 4.51. The third kappa shape index (κ3) is 3.49. The molecule has 1 heterocycles. The van der Waals surface area contributed by atoms with Crippen LogP contribution in [0.5, 0.6) is 0 Å². The molecule has 1 rings (SSSR count). The molecular formula is C9H17N3O3. The van der Waals surface area contributed by atoms with Crippen LogP contribution in [0.3, 0.4) is 0 Å². The van der Waals surface area contributed by atoms with Crippen LogP contribution < -0.4 is 11.1 Å². The van der Waals surface area contributed by atoms with E-state index in [0.717, 1.165) is 6.54 Å². The van der Waals surface area contributed by atoms with E-state index in [2.05, 4.69) is 5.32 Å². The van der Waals surface area contributed by atoms with Gasteiger partial charge in [0.2, 0.25) is 11.8 Å². The number of methoxy groups -OCH3 is 1. The number of ether oxygens (including phenoxy) is 1. The van der Waals surface area contributed by atoms with E-state index in [-0.39, 0.29) is 30.9 Å². The van der Waals surface area contributed by atoms with Crippen molar-refractivity contribution < 1.29 is 14.3 Å². The van der Waals surface area contributed by atoms with Crippen LogP contribution in [0.25, 0.3) is 0 Å². The molecule has 6 heteroatoms. The average molecular weight is 215 g/mol. The quantitative estimate of drug-likeness (QED) is 0.586. The molecule has 1 aliphatic heterocycles. The number of nitrogens with zero attached hydrogens (tertiary/aromatic N) is 1. The van der Waals surface area contributed by atoms with Gasteiger partial charge in [0.1, 0.15) is 6.61 Å². The highest BCUT2D eigenvalue weighted by Gasteiger charge is 2.27. The fourth-order valence-electron chi connectivity index (χ4n) is 1.71. The first-order valence-electron chi connectivity index (χ1n) is 4.92. The third-order valence-electron chi connectivity index (χ3n) is 2.38. The summed E-state index contributed by atoms with van der Waals surface area (Å²) in [6.07, 6.45) is 0.197. The molecule has 6 nitrogen and oxygen atoms in total. The summed E-state index contributed by atoms with van der Waals surface area (Å²) in [5, 5.41) is 3.12. The summed E-state index contributed by atoms with van der Waals surface area (Å²) in [7, 11) is 1.48. The molecule has 1 atom stereocenters. The van der Waals surface area contributed by atoms with Crippen molar-refractivity contribution in [2.24, 2.45) is 5.73 Å². The van der Waals surface area contributed by atoms with Crippen molar-refractivity contribution >= 4 is 11.8 Å². The van der Waals surface area contributed by atoms with E-state index in [1.807, 2.05) is 0 Å². The van der Waals surface area contributed by atoms with Gasteiger partial charge in [0.15, 0.2) is 0 Å². The Hall–Kier alpha value is -1.14. The number of piperazine rings is 1. The summed E-state index contributed by atoms with van der Waals surface area (Å²) < 4.78 is 4.78. The summed E-state index contributed by atoms with van der Waals surface area (Å²) in [6, 6.07) is -0.140. The van der Waals surface area contributed by atoms with Crippen LogP contribution in [0.4, 0.5) is 0 Å². The minimum Gasteiger partial charge on any atom is -0.375 e. The first-order valence-corrected chi connectivity index (χ1v) is 4.92. The van der Waals surface area contributed by atoms with E-state index in [1.165, 1.54) is 7.11 Å². The Bertz CT molecular complexity index is 245. The number of carbonyl (C=O) groups excluding carboxylic acids is 2. The molecule has 0 spiro atoms. The molecule has 2 amide bonds. The molecule has 1 unspecified atom stereocenters. The zero-order chi connectivity index (χ0) is 11.3. The van der Waals surface area contributed by atoms with Crippen LogP contribution in [0.15, 0.2) is 0 Å². The van der Waals surface area contributed by atoms with Crippen molar-refractivity contribution in [1.82, 2.24) is 10.2 Å². The summed E-state index contributed by atoms with van der Waals surface area (Å²) >= 11 is 0. The highest BCUT2D eigenvalue weighted by molar-refractivity contribution is 5.80. The van der Waals surface area contributed by atoms with Gasteiger partial charge in [-0.05, 0) is 0 Å². The number of nitrogens with one attached hydrogen (secondary N) is 1. The van der Waals surface area contributed by atoms with E-state index in [1.54, 1.807) is 4.90 Å². The molecule has 15 heavy (non-hydrogen) atoms. The third-order valence-corrected chi connectivity index (χ3v) is 2.38. The van der Waals surface area contributed by atoms with Crippen LogP contribution in [0.2, 0.25) is 0 Å². The van der Waals surface area contributed by atoms with Crippen molar-refractivity contribution in [3.8, 4) is 0 Å². The number of primary amides is 1. The van der Waals surface area contributed by atoms with Crippen molar-refractivity contribution in [1.29, 1.82) is 0 Å². The van der Waals surface area contributed by atoms with Gasteiger partial charge in [-0.2, -0.15) is 0 Å². The maximum absolute atomic E-state index is 11.6. The Morgan fingerprint density at radius 1 is 1.60 bits per heavy atom. The molecule has 3 N–H and O–H groups in total. The smallest absolute Gasteiger partial charge is 0.248 e. The van der Waals surface area contributed by atoms with Gasteiger partial charge in [-0.3, -0.25) is 9.59 Å². The number of amides is 2. The molecule has 0 aromatic heterocycles. The highest BCUT2D eigenvalue weighted by Crippen LogP contribution is 2.07. The normalized spacial score (nSPS) is 21.4. The average Bonchev–Trinajstić information content (AvgIpc) is 2.18. The van der Waals surface area contributed by atoms with Gasteiger partial charge in [-0.15, -0.1) is 0 Å². The number of hydrogen-bond acceptors (Lipinski definition) is 4. The maximum atomic E-state index is 11.6. The predicted molar refractivity (Wildman–Crippen MR) is 54.1 cm³/mol. The minimum absolute atomic E-state index is 0.0509. The number of hydrogen-bond donors (Lipinski definition) is 2. The second-order valence-electron chi connectivity index (χ2n) is 3.55. The van der Waals surface area contributed by atoms with Crippen molar-refractivity contribution in [2.75, 3.05) is 33.4 Å². The molecule has 0 radical (unpaired) electrons. The van der Waals surface area contributed by atoms with Crippen molar-refractivity contribution in [2.45, 2.75) is 12.5 Å². The van der Waals surface area contributed by atoms with E-state index < -0.39 is 0 Å². The molecule has 1 fully saturated rings.